The molecule has 0 radical (unpaired) electrons. The largest absolute Gasteiger partial charge is 0.392 e. The normalized spacial score (nSPS) is 12.9. The molecule has 0 saturated heterocycles. The van der Waals surface area contributed by atoms with Crippen molar-refractivity contribution < 1.29 is 14.6 Å². The summed E-state index contributed by atoms with van der Waals surface area (Å²) in [5, 5.41) is 18.1. The second-order valence-corrected chi connectivity index (χ2v) is 2.77. The van der Waals surface area contributed by atoms with Gasteiger partial charge in [-0.15, -0.1) is 0 Å². The standard InChI is InChI=1S/C9H12FNO2/c10-8-2-1-6(5-12)3-7(8)9(13)4-11/h1-3,9,12-13H,4-5,11H2. The predicted octanol–water partition coefficient (Wildman–Crippen LogP) is 0.310. The van der Waals surface area contributed by atoms with Gasteiger partial charge in [0.25, 0.3) is 0 Å². The number of hydrogen-bond acceptors (Lipinski definition) is 3. The van der Waals surface area contributed by atoms with E-state index in [1.807, 2.05) is 0 Å². The van der Waals surface area contributed by atoms with E-state index in [4.69, 9.17) is 10.8 Å². The van der Waals surface area contributed by atoms with E-state index < -0.39 is 11.9 Å². The molecule has 1 aromatic carbocycles. The third-order valence-electron chi connectivity index (χ3n) is 1.83. The first-order valence-electron chi connectivity index (χ1n) is 3.96. The number of aliphatic hydroxyl groups excluding tert-OH is 2. The van der Waals surface area contributed by atoms with Gasteiger partial charge in [0, 0.05) is 12.1 Å². The van der Waals surface area contributed by atoms with Crippen molar-refractivity contribution in [3.63, 3.8) is 0 Å². The fourth-order valence-corrected chi connectivity index (χ4v) is 1.07. The zero-order valence-corrected chi connectivity index (χ0v) is 7.07. The van der Waals surface area contributed by atoms with Crippen LogP contribution in [0, 0.1) is 5.82 Å². The Morgan fingerprint density at radius 1 is 1.46 bits per heavy atom. The molecule has 1 atom stereocenters. The van der Waals surface area contributed by atoms with Gasteiger partial charge in [0.15, 0.2) is 0 Å². The second-order valence-electron chi connectivity index (χ2n) is 2.77. The molecule has 0 aliphatic heterocycles. The highest BCUT2D eigenvalue weighted by Gasteiger charge is 2.11. The summed E-state index contributed by atoms with van der Waals surface area (Å²) in [5.41, 5.74) is 5.88. The fraction of sp³-hybridized carbons (Fsp3) is 0.333. The van der Waals surface area contributed by atoms with Gasteiger partial charge >= 0.3 is 0 Å². The number of rotatable bonds is 3. The van der Waals surface area contributed by atoms with E-state index in [2.05, 4.69) is 0 Å². The SMILES string of the molecule is NCC(O)c1cc(CO)ccc1F. The Kier molecular flexibility index (Phi) is 3.36. The van der Waals surface area contributed by atoms with Crippen molar-refractivity contribution in [2.45, 2.75) is 12.7 Å². The lowest BCUT2D eigenvalue weighted by molar-refractivity contribution is 0.181. The van der Waals surface area contributed by atoms with Crippen LogP contribution in [-0.2, 0) is 6.61 Å². The lowest BCUT2D eigenvalue weighted by Crippen LogP contribution is -2.13. The molecule has 4 heteroatoms. The van der Waals surface area contributed by atoms with Crippen molar-refractivity contribution in [3.05, 3.63) is 35.1 Å². The summed E-state index contributed by atoms with van der Waals surface area (Å²) in [6, 6.07) is 4.08. The molecule has 1 aromatic rings. The molecule has 0 amide bonds. The first-order chi connectivity index (χ1) is 6.19. The van der Waals surface area contributed by atoms with Crippen molar-refractivity contribution in [1.29, 1.82) is 0 Å². The Balaban J connectivity index is 3.03. The second kappa shape index (κ2) is 4.32. The molecule has 72 valence electrons. The molecule has 0 spiro atoms. The van der Waals surface area contributed by atoms with Gasteiger partial charge in [0.1, 0.15) is 5.82 Å². The van der Waals surface area contributed by atoms with Crippen LogP contribution in [0.1, 0.15) is 17.2 Å². The molecular weight excluding hydrogens is 173 g/mol. The van der Waals surface area contributed by atoms with Crippen LogP contribution < -0.4 is 5.73 Å². The van der Waals surface area contributed by atoms with Crippen LogP contribution in [0.4, 0.5) is 4.39 Å². The summed E-state index contributed by atoms with van der Waals surface area (Å²) < 4.78 is 13.0. The third kappa shape index (κ3) is 2.24. The summed E-state index contributed by atoms with van der Waals surface area (Å²) >= 11 is 0. The van der Waals surface area contributed by atoms with E-state index in [1.165, 1.54) is 18.2 Å². The van der Waals surface area contributed by atoms with Gasteiger partial charge in [-0.25, -0.2) is 4.39 Å². The van der Waals surface area contributed by atoms with E-state index in [0.717, 1.165) is 0 Å². The average molecular weight is 185 g/mol. The Labute approximate surface area is 75.6 Å². The number of benzene rings is 1. The van der Waals surface area contributed by atoms with E-state index >= 15 is 0 Å². The molecule has 0 aliphatic carbocycles. The molecule has 1 unspecified atom stereocenters. The zero-order valence-electron chi connectivity index (χ0n) is 7.07. The lowest BCUT2D eigenvalue weighted by atomic mass is 10.1. The van der Waals surface area contributed by atoms with Crippen molar-refractivity contribution in [2.24, 2.45) is 5.73 Å². The maximum atomic E-state index is 13.0. The number of nitrogens with two attached hydrogens (primary N) is 1. The molecule has 0 bridgehead atoms. The smallest absolute Gasteiger partial charge is 0.129 e. The number of aliphatic hydroxyl groups is 2. The zero-order chi connectivity index (χ0) is 9.84. The summed E-state index contributed by atoms with van der Waals surface area (Å²) in [5.74, 6) is -0.504. The molecule has 0 heterocycles. The highest BCUT2D eigenvalue weighted by Crippen LogP contribution is 2.17. The van der Waals surface area contributed by atoms with Crippen molar-refractivity contribution in [2.75, 3.05) is 6.54 Å². The first-order valence-corrected chi connectivity index (χ1v) is 3.96. The minimum atomic E-state index is -1.01. The van der Waals surface area contributed by atoms with Crippen LogP contribution in [0.5, 0.6) is 0 Å². The topological polar surface area (TPSA) is 66.5 Å². The third-order valence-corrected chi connectivity index (χ3v) is 1.83. The molecule has 0 aromatic heterocycles. The van der Waals surface area contributed by atoms with Crippen LogP contribution in [0.2, 0.25) is 0 Å². The van der Waals surface area contributed by atoms with Gasteiger partial charge in [0.2, 0.25) is 0 Å². The van der Waals surface area contributed by atoms with Gasteiger partial charge in [-0.2, -0.15) is 0 Å². The minimum Gasteiger partial charge on any atom is -0.392 e. The molecule has 13 heavy (non-hydrogen) atoms. The van der Waals surface area contributed by atoms with Crippen LogP contribution >= 0.6 is 0 Å². The summed E-state index contributed by atoms with van der Waals surface area (Å²) in [6.07, 6.45) is -1.01. The molecular formula is C9H12FNO2. The minimum absolute atomic E-state index is 0.0359. The summed E-state index contributed by atoms with van der Waals surface area (Å²) in [6.45, 7) is -0.212. The summed E-state index contributed by atoms with van der Waals surface area (Å²) in [4.78, 5) is 0. The van der Waals surface area contributed by atoms with Crippen LogP contribution in [-0.4, -0.2) is 16.8 Å². The van der Waals surface area contributed by atoms with E-state index in [0.29, 0.717) is 5.56 Å². The Morgan fingerprint density at radius 3 is 2.69 bits per heavy atom. The number of halogens is 1. The quantitative estimate of drug-likeness (QED) is 0.635. The van der Waals surface area contributed by atoms with Crippen molar-refractivity contribution >= 4 is 0 Å². The van der Waals surface area contributed by atoms with E-state index in [-0.39, 0.29) is 18.7 Å². The van der Waals surface area contributed by atoms with Crippen molar-refractivity contribution in [3.8, 4) is 0 Å². The Hall–Kier alpha value is -0.970. The van der Waals surface area contributed by atoms with E-state index in [9.17, 15) is 9.50 Å². The molecule has 0 aliphatic rings. The Bertz CT molecular complexity index is 291. The lowest BCUT2D eigenvalue weighted by Gasteiger charge is -2.10. The predicted molar refractivity (Wildman–Crippen MR) is 46.3 cm³/mol. The molecule has 4 N–H and O–H groups in total. The average Bonchev–Trinajstić information content (AvgIpc) is 2.17. The van der Waals surface area contributed by atoms with Gasteiger partial charge in [0.05, 0.1) is 12.7 Å². The monoisotopic (exact) mass is 185 g/mol. The molecule has 0 fully saturated rings. The first kappa shape index (κ1) is 10.1. The van der Waals surface area contributed by atoms with Crippen LogP contribution in [0.15, 0.2) is 18.2 Å². The highest BCUT2D eigenvalue weighted by atomic mass is 19.1. The van der Waals surface area contributed by atoms with E-state index in [1.54, 1.807) is 0 Å². The molecule has 0 saturated carbocycles. The van der Waals surface area contributed by atoms with Crippen LogP contribution in [0.3, 0.4) is 0 Å². The Morgan fingerprint density at radius 2 is 2.15 bits per heavy atom. The van der Waals surface area contributed by atoms with Gasteiger partial charge in [-0.1, -0.05) is 6.07 Å². The number of hydrogen-bond donors (Lipinski definition) is 3. The highest BCUT2D eigenvalue weighted by molar-refractivity contribution is 5.26. The maximum Gasteiger partial charge on any atom is 0.129 e. The van der Waals surface area contributed by atoms with Gasteiger partial charge in [-0.05, 0) is 17.7 Å². The van der Waals surface area contributed by atoms with Gasteiger partial charge in [-0.3, -0.25) is 0 Å². The van der Waals surface area contributed by atoms with Crippen molar-refractivity contribution in [1.82, 2.24) is 0 Å². The summed E-state index contributed by atoms with van der Waals surface area (Å²) in [7, 11) is 0. The molecule has 3 nitrogen and oxygen atoms in total. The fourth-order valence-electron chi connectivity index (χ4n) is 1.07. The maximum absolute atomic E-state index is 13.0. The van der Waals surface area contributed by atoms with Crippen LogP contribution in [0.25, 0.3) is 0 Å². The molecule has 1 rings (SSSR count). The van der Waals surface area contributed by atoms with Gasteiger partial charge < -0.3 is 15.9 Å².